The number of hydrogen-bond donors (Lipinski definition) is 1. The van der Waals surface area contributed by atoms with Gasteiger partial charge in [-0.2, -0.15) is 0 Å². The predicted octanol–water partition coefficient (Wildman–Crippen LogP) is 1.49. The van der Waals surface area contributed by atoms with E-state index < -0.39 is 12.0 Å². The predicted molar refractivity (Wildman–Crippen MR) is 88.9 cm³/mol. The fraction of sp³-hybridized carbons (Fsp3) is 0.467. The van der Waals surface area contributed by atoms with Gasteiger partial charge >= 0.3 is 0 Å². The summed E-state index contributed by atoms with van der Waals surface area (Å²) in [7, 11) is 0. The van der Waals surface area contributed by atoms with Crippen molar-refractivity contribution in [2.24, 2.45) is 5.73 Å². The molecule has 2 amide bonds. The standard InChI is InChI=1S/C15H18N2O3S2/c16-13(18)12-9-17(5-6-20-12)14(19)10-1-3-11(4-2-10)15-21-7-8-22-15/h1-4,12,15H,5-9H2,(H2,16,18)/t12-/m1/s1. The van der Waals surface area contributed by atoms with Crippen LogP contribution in [0.3, 0.4) is 0 Å². The van der Waals surface area contributed by atoms with Gasteiger partial charge in [-0.15, -0.1) is 23.5 Å². The molecule has 1 aromatic rings. The van der Waals surface area contributed by atoms with E-state index in [2.05, 4.69) is 0 Å². The molecule has 0 bridgehead atoms. The maximum atomic E-state index is 12.5. The van der Waals surface area contributed by atoms with Crippen LogP contribution in [-0.4, -0.2) is 54.0 Å². The van der Waals surface area contributed by atoms with Gasteiger partial charge in [0.15, 0.2) is 6.10 Å². The average molecular weight is 338 g/mol. The minimum Gasteiger partial charge on any atom is -0.367 e. The molecule has 2 saturated heterocycles. The summed E-state index contributed by atoms with van der Waals surface area (Å²) in [4.78, 5) is 25.3. The molecule has 1 aromatic carbocycles. The number of carbonyl (C=O) groups is 2. The van der Waals surface area contributed by atoms with E-state index in [4.69, 9.17) is 10.5 Å². The second-order valence-corrected chi connectivity index (χ2v) is 7.93. The summed E-state index contributed by atoms with van der Waals surface area (Å²) in [5.41, 5.74) is 7.14. The molecule has 2 heterocycles. The summed E-state index contributed by atoms with van der Waals surface area (Å²) >= 11 is 3.88. The molecule has 2 aliphatic heterocycles. The summed E-state index contributed by atoms with van der Waals surface area (Å²) in [6.07, 6.45) is -0.705. The van der Waals surface area contributed by atoms with Gasteiger partial charge < -0.3 is 15.4 Å². The highest BCUT2D eigenvalue weighted by atomic mass is 32.2. The van der Waals surface area contributed by atoms with Crippen molar-refractivity contribution in [1.29, 1.82) is 0 Å². The van der Waals surface area contributed by atoms with Gasteiger partial charge in [0.25, 0.3) is 5.91 Å². The van der Waals surface area contributed by atoms with E-state index in [0.29, 0.717) is 23.3 Å². The molecule has 2 N–H and O–H groups in total. The summed E-state index contributed by atoms with van der Waals surface area (Å²) in [5, 5.41) is 0. The normalized spacial score (nSPS) is 22.7. The number of ether oxygens (including phenoxy) is 1. The van der Waals surface area contributed by atoms with Crippen LogP contribution in [0.15, 0.2) is 24.3 Å². The first-order valence-corrected chi connectivity index (χ1v) is 9.28. The minimum atomic E-state index is -0.705. The van der Waals surface area contributed by atoms with Crippen LogP contribution < -0.4 is 5.73 Å². The quantitative estimate of drug-likeness (QED) is 0.904. The molecule has 118 valence electrons. The number of morpholine rings is 1. The van der Waals surface area contributed by atoms with Crippen LogP contribution in [0.2, 0.25) is 0 Å². The Hall–Kier alpha value is -1.18. The van der Waals surface area contributed by atoms with Gasteiger partial charge in [0.2, 0.25) is 5.91 Å². The Bertz CT molecular complexity index is 558. The van der Waals surface area contributed by atoms with Gasteiger partial charge in [-0.1, -0.05) is 12.1 Å². The second kappa shape index (κ2) is 6.93. The molecule has 0 spiro atoms. The number of amides is 2. The number of nitrogens with zero attached hydrogens (tertiary/aromatic N) is 1. The van der Waals surface area contributed by atoms with Crippen LogP contribution in [-0.2, 0) is 9.53 Å². The lowest BCUT2D eigenvalue weighted by atomic mass is 10.1. The van der Waals surface area contributed by atoms with Crippen molar-refractivity contribution < 1.29 is 14.3 Å². The van der Waals surface area contributed by atoms with E-state index in [0.717, 1.165) is 0 Å². The van der Waals surface area contributed by atoms with Crippen LogP contribution in [0, 0.1) is 0 Å². The first-order chi connectivity index (χ1) is 10.6. The number of benzene rings is 1. The SMILES string of the molecule is NC(=O)[C@H]1CN(C(=O)c2ccc(C3SCCS3)cc2)CCO1. The maximum Gasteiger partial charge on any atom is 0.254 e. The molecule has 3 rings (SSSR count). The van der Waals surface area contributed by atoms with Gasteiger partial charge in [-0.25, -0.2) is 0 Å². The fourth-order valence-corrected chi connectivity index (χ4v) is 5.38. The van der Waals surface area contributed by atoms with Crippen molar-refractivity contribution in [2.75, 3.05) is 31.2 Å². The zero-order chi connectivity index (χ0) is 15.5. The van der Waals surface area contributed by atoms with E-state index in [1.54, 1.807) is 4.90 Å². The van der Waals surface area contributed by atoms with Gasteiger partial charge in [-0.05, 0) is 17.7 Å². The van der Waals surface area contributed by atoms with Gasteiger partial charge in [0, 0.05) is 23.6 Å². The van der Waals surface area contributed by atoms with E-state index >= 15 is 0 Å². The molecule has 0 aromatic heterocycles. The number of rotatable bonds is 3. The molecule has 1 atom stereocenters. The Kier molecular flexibility index (Phi) is 4.95. The molecule has 7 heteroatoms. The third-order valence-corrected chi connectivity index (χ3v) is 6.83. The van der Waals surface area contributed by atoms with Crippen LogP contribution in [0.25, 0.3) is 0 Å². The molecular weight excluding hydrogens is 320 g/mol. The Morgan fingerprint density at radius 3 is 2.50 bits per heavy atom. The summed E-state index contributed by atoms with van der Waals surface area (Å²) in [6, 6.07) is 7.78. The first-order valence-electron chi connectivity index (χ1n) is 7.18. The summed E-state index contributed by atoms with van der Waals surface area (Å²) < 4.78 is 5.75. The Labute approximate surface area is 137 Å². The summed E-state index contributed by atoms with van der Waals surface area (Å²) in [6.45, 7) is 1.05. The Morgan fingerprint density at radius 1 is 1.18 bits per heavy atom. The Balaban J connectivity index is 1.67. The molecule has 0 radical (unpaired) electrons. The number of nitrogens with two attached hydrogens (primary N) is 1. The molecule has 2 aliphatic rings. The lowest BCUT2D eigenvalue weighted by molar-refractivity contribution is -0.133. The zero-order valence-corrected chi connectivity index (χ0v) is 13.7. The topological polar surface area (TPSA) is 72.6 Å². The highest BCUT2D eigenvalue weighted by molar-refractivity contribution is 8.19. The van der Waals surface area contributed by atoms with E-state index in [9.17, 15) is 9.59 Å². The zero-order valence-electron chi connectivity index (χ0n) is 12.1. The van der Waals surface area contributed by atoms with Gasteiger partial charge in [-0.3, -0.25) is 9.59 Å². The molecular formula is C15H18N2O3S2. The minimum absolute atomic E-state index is 0.0761. The van der Waals surface area contributed by atoms with Gasteiger partial charge in [0.05, 0.1) is 17.7 Å². The number of thioether (sulfide) groups is 2. The molecule has 2 fully saturated rings. The van der Waals surface area contributed by atoms with Crippen LogP contribution in [0.4, 0.5) is 0 Å². The van der Waals surface area contributed by atoms with Crippen molar-refractivity contribution in [3.8, 4) is 0 Å². The van der Waals surface area contributed by atoms with Crippen molar-refractivity contribution in [2.45, 2.75) is 10.7 Å². The molecule has 5 nitrogen and oxygen atoms in total. The van der Waals surface area contributed by atoms with Gasteiger partial charge in [0.1, 0.15) is 0 Å². The van der Waals surface area contributed by atoms with E-state index in [1.807, 2.05) is 47.8 Å². The second-order valence-electron chi connectivity index (χ2n) is 5.21. The number of primary amides is 1. The van der Waals surface area contributed by atoms with Crippen LogP contribution in [0.5, 0.6) is 0 Å². The van der Waals surface area contributed by atoms with Crippen molar-refractivity contribution in [3.63, 3.8) is 0 Å². The van der Waals surface area contributed by atoms with E-state index in [-0.39, 0.29) is 12.5 Å². The van der Waals surface area contributed by atoms with Crippen LogP contribution in [0.1, 0.15) is 20.5 Å². The van der Waals surface area contributed by atoms with Crippen molar-refractivity contribution in [3.05, 3.63) is 35.4 Å². The highest BCUT2D eigenvalue weighted by Crippen LogP contribution is 2.45. The first kappa shape index (κ1) is 15.7. The maximum absolute atomic E-state index is 12.5. The smallest absolute Gasteiger partial charge is 0.254 e. The highest BCUT2D eigenvalue weighted by Gasteiger charge is 2.28. The molecule has 0 unspecified atom stereocenters. The van der Waals surface area contributed by atoms with Crippen molar-refractivity contribution in [1.82, 2.24) is 4.90 Å². The Morgan fingerprint density at radius 2 is 1.86 bits per heavy atom. The average Bonchev–Trinajstić information content (AvgIpc) is 3.09. The largest absolute Gasteiger partial charge is 0.367 e. The lowest BCUT2D eigenvalue weighted by Gasteiger charge is -2.31. The number of carbonyl (C=O) groups excluding carboxylic acids is 2. The third-order valence-electron chi connectivity index (χ3n) is 3.72. The lowest BCUT2D eigenvalue weighted by Crippen LogP contribution is -2.50. The number of hydrogen-bond acceptors (Lipinski definition) is 5. The van der Waals surface area contributed by atoms with Crippen LogP contribution >= 0.6 is 23.5 Å². The third kappa shape index (κ3) is 3.42. The monoisotopic (exact) mass is 338 g/mol. The van der Waals surface area contributed by atoms with Crippen molar-refractivity contribution >= 4 is 35.3 Å². The molecule has 0 aliphatic carbocycles. The molecule has 22 heavy (non-hydrogen) atoms. The summed E-state index contributed by atoms with van der Waals surface area (Å²) in [5.74, 6) is 1.76. The fourth-order valence-electron chi connectivity index (χ4n) is 2.52. The molecule has 0 saturated carbocycles. The van der Waals surface area contributed by atoms with E-state index in [1.165, 1.54) is 17.1 Å².